The Morgan fingerprint density at radius 1 is 1.10 bits per heavy atom. The molecule has 2 nitrogen and oxygen atoms in total. The van der Waals surface area contributed by atoms with E-state index in [1.165, 1.54) is 16.7 Å². The van der Waals surface area contributed by atoms with E-state index < -0.39 is 11.7 Å². The van der Waals surface area contributed by atoms with Gasteiger partial charge in [0.05, 0.1) is 22.3 Å². The normalized spacial score (nSPS) is 12.0. The maximum atomic E-state index is 13.2. The molecule has 108 valence electrons. The second-order valence-corrected chi connectivity index (χ2v) is 5.19. The highest BCUT2D eigenvalue weighted by Crippen LogP contribution is 2.35. The number of para-hydroxylation sites is 1. The third-order valence-electron chi connectivity index (χ3n) is 3.29. The summed E-state index contributed by atoms with van der Waals surface area (Å²) in [6.45, 7) is 1.91. The topological polar surface area (TPSA) is 20.7 Å². The second-order valence-electron chi connectivity index (χ2n) is 4.80. The Morgan fingerprint density at radius 3 is 2.52 bits per heavy atom. The van der Waals surface area contributed by atoms with Crippen LogP contribution >= 0.6 is 12.2 Å². The number of aromatic amines is 1. The Balaban J connectivity index is 2.37. The lowest BCUT2D eigenvalue weighted by Crippen LogP contribution is -2.10. The summed E-state index contributed by atoms with van der Waals surface area (Å²) >= 11 is 5.20. The van der Waals surface area contributed by atoms with E-state index in [1.807, 2.05) is 19.1 Å². The molecule has 0 spiro atoms. The highest BCUT2D eigenvalue weighted by Gasteiger charge is 2.34. The van der Waals surface area contributed by atoms with E-state index in [9.17, 15) is 13.2 Å². The lowest BCUT2D eigenvalue weighted by molar-refractivity contribution is -0.137. The number of hydrogen-bond acceptors (Lipinski definition) is 1. The van der Waals surface area contributed by atoms with Gasteiger partial charge in [-0.1, -0.05) is 18.2 Å². The monoisotopic (exact) mass is 308 g/mol. The highest BCUT2D eigenvalue weighted by atomic mass is 32.1. The Morgan fingerprint density at radius 2 is 1.81 bits per heavy atom. The van der Waals surface area contributed by atoms with Crippen LogP contribution in [-0.2, 0) is 6.18 Å². The molecule has 0 radical (unpaired) electrons. The van der Waals surface area contributed by atoms with E-state index in [2.05, 4.69) is 4.98 Å². The number of H-pyrrole nitrogens is 1. The summed E-state index contributed by atoms with van der Waals surface area (Å²) in [5, 5.41) is 0. The van der Waals surface area contributed by atoms with Crippen LogP contribution in [0.15, 0.2) is 42.5 Å². The molecule has 0 unspecified atom stereocenters. The zero-order chi connectivity index (χ0) is 15.2. The Hall–Kier alpha value is -2.08. The number of nitrogens with zero attached hydrogens (tertiary/aromatic N) is 1. The third kappa shape index (κ3) is 2.35. The van der Waals surface area contributed by atoms with E-state index in [4.69, 9.17) is 12.2 Å². The second kappa shape index (κ2) is 4.73. The van der Waals surface area contributed by atoms with Gasteiger partial charge in [0.1, 0.15) is 0 Å². The van der Waals surface area contributed by atoms with Crippen molar-refractivity contribution in [3.63, 3.8) is 0 Å². The predicted molar refractivity (Wildman–Crippen MR) is 78.2 cm³/mol. The van der Waals surface area contributed by atoms with Crippen LogP contribution in [0.4, 0.5) is 13.2 Å². The molecule has 0 amide bonds. The molecule has 6 heteroatoms. The van der Waals surface area contributed by atoms with Crippen molar-refractivity contribution >= 4 is 23.3 Å². The van der Waals surface area contributed by atoms with Crippen molar-refractivity contribution in [1.29, 1.82) is 0 Å². The average Bonchev–Trinajstić information content (AvgIpc) is 2.72. The van der Waals surface area contributed by atoms with Gasteiger partial charge in [-0.05, 0) is 49.0 Å². The molecule has 0 saturated carbocycles. The number of imidazole rings is 1. The summed E-state index contributed by atoms with van der Waals surface area (Å²) in [6.07, 6.45) is -4.43. The highest BCUT2D eigenvalue weighted by molar-refractivity contribution is 7.71. The molecule has 3 rings (SSSR count). The van der Waals surface area contributed by atoms with Crippen molar-refractivity contribution in [3.8, 4) is 5.69 Å². The quantitative estimate of drug-likeness (QED) is 0.626. The van der Waals surface area contributed by atoms with Gasteiger partial charge >= 0.3 is 6.18 Å². The maximum Gasteiger partial charge on any atom is 0.418 e. The molecule has 1 N–H and O–H groups in total. The summed E-state index contributed by atoms with van der Waals surface area (Å²) in [5.41, 5.74) is 1.68. The van der Waals surface area contributed by atoms with Crippen molar-refractivity contribution < 1.29 is 13.2 Å². The van der Waals surface area contributed by atoms with Gasteiger partial charge in [0.15, 0.2) is 4.77 Å². The third-order valence-corrected chi connectivity index (χ3v) is 3.57. The Bertz CT molecular complexity index is 874. The van der Waals surface area contributed by atoms with Crippen LogP contribution in [0.2, 0.25) is 0 Å². The molecule has 3 aromatic rings. The fourth-order valence-corrected chi connectivity index (χ4v) is 2.68. The minimum atomic E-state index is -4.43. The zero-order valence-corrected chi connectivity index (χ0v) is 11.8. The van der Waals surface area contributed by atoms with Gasteiger partial charge in [-0.2, -0.15) is 13.2 Å². The fourth-order valence-electron chi connectivity index (χ4n) is 2.37. The molecule has 0 aliphatic rings. The first-order valence-corrected chi connectivity index (χ1v) is 6.67. The molecule has 0 bridgehead atoms. The smallest absolute Gasteiger partial charge is 0.330 e. The Labute approximate surface area is 123 Å². The summed E-state index contributed by atoms with van der Waals surface area (Å²) in [6, 6.07) is 10.9. The maximum absolute atomic E-state index is 13.2. The summed E-state index contributed by atoms with van der Waals surface area (Å²) in [5.74, 6) is 0. The molecular formula is C15H11F3N2S. The van der Waals surface area contributed by atoms with Crippen molar-refractivity contribution in [2.45, 2.75) is 13.1 Å². The van der Waals surface area contributed by atoms with E-state index in [1.54, 1.807) is 12.1 Å². The van der Waals surface area contributed by atoms with Gasteiger partial charge in [-0.15, -0.1) is 0 Å². The van der Waals surface area contributed by atoms with E-state index in [0.29, 0.717) is 5.52 Å². The SMILES string of the molecule is Cc1ccc2c(c1)[nH]c(=S)n2-c1ccccc1C(F)(F)F. The molecule has 21 heavy (non-hydrogen) atoms. The van der Waals surface area contributed by atoms with Crippen molar-refractivity contribution in [3.05, 3.63) is 58.4 Å². The van der Waals surface area contributed by atoms with Crippen LogP contribution in [0.3, 0.4) is 0 Å². The first kappa shape index (κ1) is 13.9. The number of aryl methyl sites for hydroxylation is 1. The average molecular weight is 308 g/mol. The van der Waals surface area contributed by atoms with Crippen molar-refractivity contribution in [2.24, 2.45) is 0 Å². The molecule has 0 saturated heterocycles. The number of nitrogens with one attached hydrogen (secondary N) is 1. The first-order valence-electron chi connectivity index (χ1n) is 6.26. The van der Waals surface area contributed by atoms with E-state index in [0.717, 1.165) is 17.1 Å². The number of fused-ring (bicyclic) bond motifs is 1. The van der Waals surface area contributed by atoms with Gasteiger partial charge in [-0.25, -0.2) is 0 Å². The fraction of sp³-hybridized carbons (Fsp3) is 0.133. The molecule has 0 fully saturated rings. The van der Waals surface area contributed by atoms with Crippen LogP contribution in [0.25, 0.3) is 16.7 Å². The van der Waals surface area contributed by atoms with Crippen molar-refractivity contribution in [1.82, 2.24) is 9.55 Å². The number of aromatic nitrogens is 2. The molecule has 1 aromatic heterocycles. The van der Waals surface area contributed by atoms with E-state index in [-0.39, 0.29) is 10.5 Å². The molecular weight excluding hydrogens is 297 g/mol. The zero-order valence-electron chi connectivity index (χ0n) is 11.0. The largest absolute Gasteiger partial charge is 0.418 e. The van der Waals surface area contributed by atoms with Crippen molar-refractivity contribution in [2.75, 3.05) is 0 Å². The lowest BCUT2D eigenvalue weighted by Gasteiger charge is -2.13. The molecule has 0 aliphatic carbocycles. The van der Waals surface area contributed by atoms with Crippen LogP contribution in [-0.4, -0.2) is 9.55 Å². The van der Waals surface area contributed by atoms with E-state index >= 15 is 0 Å². The minimum Gasteiger partial charge on any atom is -0.330 e. The van der Waals surface area contributed by atoms with Crippen LogP contribution < -0.4 is 0 Å². The predicted octanol–water partition coefficient (Wildman–Crippen LogP) is 5.02. The number of alkyl halides is 3. The standard InChI is InChI=1S/C15H11F3N2S/c1-9-6-7-13-11(8-9)19-14(21)20(13)12-5-3-2-4-10(12)15(16,17)18/h2-8H,1H3,(H,19,21). The number of hydrogen-bond donors (Lipinski definition) is 1. The Kier molecular flexibility index (Phi) is 3.13. The van der Waals surface area contributed by atoms with Gasteiger partial charge in [0.2, 0.25) is 0 Å². The van der Waals surface area contributed by atoms with Gasteiger partial charge < -0.3 is 4.98 Å². The first-order chi connectivity index (χ1) is 9.88. The van der Waals surface area contributed by atoms with Gasteiger partial charge in [-0.3, -0.25) is 4.57 Å². The number of benzene rings is 2. The molecule has 2 aromatic carbocycles. The van der Waals surface area contributed by atoms with Gasteiger partial charge in [0, 0.05) is 0 Å². The summed E-state index contributed by atoms with van der Waals surface area (Å²) < 4.78 is 41.2. The van der Waals surface area contributed by atoms with Crippen LogP contribution in [0.1, 0.15) is 11.1 Å². The number of halogens is 3. The van der Waals surface area contributed by atoms with Gasteiger partial charge in [0.25, 0.3) is 0 Å². The molecule has 0 aliphatic heterocycles. The minimum absolute atomic E-state index is 0.0325. The van der Waals surface area contributed by atoms with Crippen LogP contribution in [0.5, 0.6) is 0 Å². The summed E-state index contributed by atoms with van der Waals surface area (Å²) in [4.78, 5) is 2.96. The molecule has 1 heterocycles. The number of rotatable bonds is 1. The lowest BCUT2D eigenvalue weighted by atomic mass is 10.1. The summed E-state index contributed by atoms with van der Waals surface area (Å²) in [7, 11) is 0. The van der Waals surface area contributed by atoms with Crippen LogP contribution in [0, 0.1) is 11.7 Å². The molecule has 0 atom stereocenters.